The highest BCUT2D eigenvalue weighted by atomic mass is 32.2. The number of sulfone groups is 1. The summed E-state index contributed by atoms with van der Waals surface area (Å²) >= 11 is 0. The van der Waals surface area contributed by atoms with Gasteiger partial charge < -0.3 is 5.32 Å². The number of nitrogens with one attached hydrogen (secondary N) is 2. The number of halogens is 1. The lowest BCUT2D eigenvalue weighted by Gasteiger charge is -2.06. The van der Waals surface area contributed by atoms with Crippen LogP contribution in [-0.2, 0) is 16.3 Å². The zero-order valence-corrected chi connectivity index (χ0v) is 12.2. The van der Waals surface area contributed by atoms with Crippen molar-refractivity contribution in [2.24, 2.45) is 0 Å². The Labute approximate surface area is 120 Å². The Bertz CT molecular complexity index is 786. The third kappa shape index (κ3) is 3.43. The molecular formula is C12H13FN4O3S. The molecule has 1 aromatic carbocycles. The molecule has 1 heterocycles. The van der Waals surface area contributed by atoms with Crippen LogP contribution in [0.15, 0.2) is 23.1 Å². The quantitative estimate of drug-likeness (QED) is 0.824. The van der Waals surface area contributed by atoms with Crippen molar-refractivity contribution >= 4 is 21.4 Å². The Hall–Kier alpha value is -2.29. The van der Waals surface area contributed by atoms with Gasteiger partial charge in [-0.15, -0.1) is 5.10 Å². The number of aromatic nitrogens is 3. The summed E-state index contributed by atoms with van der Waals surface area (Å²) in [5.74, 6) is -1.10. The molecular weight excluding hydrogens is 299 g/mol. The SMILES string of the molecule is CCc1nc(C(=O)Nc2cc(S(C)(=O)=O)ccc2F)n[nH]1. The van der Waals surface area contributed by atoms with Gasteiger partial charge in [-0.3, -0.25) is 9.89 Å². The second-order valence-electron chi connectivity index (χ2n) is 4.33. The van der Waals surface area contributed by atoms with Gasteiger partial charge >= 0.3 is 0 Å². The predicted octanol–water partition coefficient (Wildman–Crippen LogP) is 1.16. The Balaban J connectivity index is 2.28. The van der Waals surface area contributed by atoms with E-state index in [1.54, 1.807) is 0 Å². The molecule has 0 spiro atoms. The van der Waals surface area contributed by atoms with Crippen LogP contribution in [-0.4, -0.2) is 35.8 Å². The van der Waals surface area contributed by atoms with Gasteiger partial charge in [0.1, 0.15) is 11.6 Å². The van der Waals surface area contributed by atoms with Gasteiger partial charge in [0.25, 0.3) is 5.91 Å². The van der Waals surface area contributed by atoms with Crippen molar-refractivity contribution in [2.45, 2.75) is 18.2 Å². The van der Waals surface area contributed by atoms with Gasteiger partial charge in [0.05, 0.1) is 10.6 Å². The van der Waals surface area contributed by atoms with Crippen LogP contribution in [0.4, 0.5) is 10.1 Å². The lowest BCUT2D eigenvalue weighted by Crippen LogP contribution is -2.15. The first-order valence-electron chi connectivity index (χ1n) is 6.03. The fourth-order valence-corrected chi connectivity index (χ4v) is 2.21. The Morgan fingerprint density at radius 1 is 1.43 bits per heavy atom. The van der Waals surface area contributed by atoms with E-state index in [-0.39, 0.29) is 16.4 Å². The third-order valence-electron chi connectivity index (χ3n) is 2.68. The molecule has 2 N–H and O–H groups in total. The van der Waals surface area contributed by atoms with Crippen molar-refractivity contribution in [1.82, 2.24) is 15.2 Å². The van der Waals surface area contributed by atoms with E-state index < -0.39 is 21.6 Å². The maximum Gasteiger partial charge on any atom is 0.295 e. The number of aromatic amines is 1. The number of amides is 1. The molecule has 9 heteroatoms. The number of hydrogen-bond donors (Lipinski definition) is 2. The molecule has 0 fully saturated rings. The lowest BCUT2D eigenvalue weighted by atomic mass is 10.3. The standard InChI is InChI=1S/C12H13FN4O3S/c1-3-10-15-11(17-16-10)12(18)14-9-6-7(21(2,19)20)4-5-8(9)13/h4-6H,3H2,1-2H3,(H,14,18)(H,15,16,17). The van der Waals surface area contributed by atoms with E-state index in [1.165, 1.54) is 0 Å². The Kier molecular flexibility index (Phi) is 4.03. The molecule has 0 unspecified atom stereocenters. The summed E-state index contributed by atoms with van der Waals surface area (Å²) < 4.78 is 36.5. The monoisotopic (exact) mass is 312 g/mol. The molecule has 1 amide bonds. The summed E-state index contributed by atoms with van der Waals surface area (Å²) in [5.41, 5.74) is -0.245. The van der Waals surface area contributed by atoms with Crippen molar-refractivity contribution in [1.29, 1.82) is 0 Å². The first-order chi connectivity index (χ1) is 9.81. The van der Waals surface area contributed by atoms with Crippen molar-refractivity contribution in [3.63, 3.8) is 0 Å². The number of carbonyl (C=O) groups excluding carboxylic acids is 1. The molecule has 21 heavy (non-hydrogen) atoms. The zero-order valence-electron chi connectivity index (χ0n) is 11.3. The van der Waals surface area contributed by atoms with Crippen LogP contribution in [0.5, 0.6) is 0 Å². The highest BCUT2D eigenvalue weighted by molar-refractivity contribution is 7.90. The normalized spacial score (nSPS) is 11.4. The van der Waals surface area contributed by atoms with Gasteiger partial charge in [0, 0.05) is 12.7 Å². The summed E-state index contributed by atoms with van der Waals surface area (Å²) in [7, 11) is -3.50. The summed E-state index contributed by atoms with van der Waals surface area (Å²) in [6, 6.07) is 3.15. The van der Waals surface area contributed by atoms with Gasteiger partial charge in [-0.1, -0.05) is 6.92 Å². The van der Waals surface area contributed by atoms with Crippen LogP contribution in [0.25, 0.3) is 0 Å². The number of aryl methyl sites for hydroxylation is 1. The number of benzene rings is 1. The van der Waals surface area contributed by atoms with Crippen molar-refractivity contribution in [2.75, 3.05) is 11.6 Å². The maximum absolute atomic E-state index is 13.6. The topological polar surface area (TPSA) is 105 Å². The summed E-state index contributed by atoms with van der Waals surface area (Å²) in [5, 5.41) is 8.51. The minimum absolute atomic E-state index is 0.0940. The molecule has 1 aromatic heterocycles. The maximum atomic E-state index is 13.6. The number of nitrogens with zero attached hydrogens (tertiary/aromatic N) is 2. The fraction of sp³-hybridized carbons (Fsp3) is 0.250. The molecule has 0 aliphatic carbocycles. The number of H-pyrrole nitrogens is 1. The van der Waals surface area contributed by atoms with Crippen LogP contribution in [0.1, 0.15) is 23.4 Å². The fourth-order valence-electron chi connectivity index (χ4n) is 1.56. The van der Waals surface area contributed by atoms with E-state index in [2.05, 4.69) is 20.5 Å². The molecule has 112 valence electrons. The molecule has 0 saturated heterocycles. The number of rotatable bonds is 4. The third-order valence-corrected chi connectivity index (χ3v) is 3.79. The summed E-state index contributed by atoms with van der Waals surface area (Å²) in [6.45, 7) is 1.83. The van der Waals surface area contributed by atoms with E-state index >= 15 is 0 Å². The highest BCUT2D eigenvalue weighted by Gasteiger charge is 2.16. The lowest BCUT2D eigenvalue weighted by molar-refractivity contribution is 0.101. The van der Waals surface area contributed by atoms with Crippen LogP contribution < -0.4 is 5.32 Å². The molecule has 0 radical (unpaired) electrons. The van der Waals surface area contributed by atoms with E-state index in [4.69, 9.17) is 0 Å². The van der Waals surface area contributed by atoms with Gasteiger partial charge in [0.15, 0.2) is 9.84 Å². The van der Waals surface area contributed by atoms with E-state index in [9.17, 15) is 17.6 Å². The molecule has 2 rings (SSSR count). The molecule has 0 saturated carbocycles. The molecule has 0 atom stereocenters. The largest absolute Gasteiger partial charge is 0.317 e. The van der Waals surface area contributed by atoms with E-state index in [0.29, 0.717) is 12.2 Å². The molecule has 2 aromatic rings. The molecule has 0 bridgehead atoms. The second kappa shape index (κ2) is 5.60. The average molecular weight is 312 g/mol. The van der Waals surface area contributed by atoms with Crippen molar-refractivity contribution in [3.8, 4) is 0 Å². The smallest absolute Gasteiger partial charge is 0.295 e. The van der Waals surface area contributed by atoms with Gasteiger partial charge in [0.2, 0.25) is 5.82 Å². The van der Waals surface area contributed by atoms with Gasteiger partial charge in [-0.25, -0.2) is 17.8 Å². The number of hydrogen-bond acceptors (Lipinski definition) is 5. The predicted molar refractivity (Wildman–Crippen MR) is 73.2 cm³/mol. The Morgan fingerprint density at radius 2 is 2.14 bits per heavy atom. The van der Waals surface area contributed by atoms with E-state index in [0.717, 1.165) is 24.5 Å². The minimum atomic E-state index is -3.50. The van der Waals surface area contributed by atoms with Crippen LogP contribution in [0, 0.1) is 5.82 Å². The first-order valence-corrected chi connectivity index (χ1v) is 7.92. The average Bonchev–Trinajstić information content (AvgIpc) is 2.88. The van der Waals surface area contributed by atoms with Gasteiger partial charge in [-0.2, -0.15) is 0 Å². The zero-order chi connectivity index (χ0) is 15.6. The van der Waals surface area contributed by atoms with Crippen LogP contribution in [0.2, 0.25) is 0 Å². The van der Waals surface area contributed by atoms with Crippen molar-refractivity contribution < 1.29 is 17.6 Å². The minimum Gasteiger partial charge on any atom is -0.317 e. The molecule has 0 aliphatic heterocycles. The van der Waals surface area contributed by atoms with E-state index in [1.807, 2.05) is 6.92 Å². The second-order valence-corrected chi connectivity index (χ2v) is 6.34. The summed E-state index contributed by atoms with van der Waals surface area (Å²) in [6.07, 6.45) is 1.56. The first kappa shape index (κ1) is 15.1. The number of carbonyl (C=O) groups is 1. The summed E-state index contributed by atoms with van der Waals surface area (Å²) in [4.78, 5) is 15.7. The highest BCUT2D eigenvalue weighted by Crippen LogP contribution is 2.20. The number of anilines is 1. The van der Waals surface area contributed by atoms with Crippen molar-refractivity contribution in [3.05, 3.63) is 35.7 Å². The molecule has 0 aliphatic rings. The molecule has 7 nitrogen and oxygen atoms in total. The van der Waals surface area contributed by atoms with Gasteiger partial charge in [-0.05, 0) is 18.2 Å². The van der Waals surface area contributed by atoms with Crippen LogP contribution >= 0.6 is 0 Å². The van der Waals surface area contributed by atoms with Crippen LogP contribution in [0.3, 0.4) is 0 Å². The Morgan fingerprint density at radius 3 is 2.71 bits per heavy atom.